The number of ether oxygens (including phenoxy) is 3. The second kappa shape index (κ2) is 9.80. The average Bonchev–Trinajstić information content (AvgIpc) is 2.68. The predicted octanol–water partition coefficient (Wildman–Crippen LogP) is 2.80. The molecular formula is C19H21ClN2O5. The van der Waals surface area contributed by atoms with E-state index in [9.17, 15) is 9.59 Å². The van der Waals surface area contributed by atoms with Crippen LogP contribution in [0.15, 0.2) is 42.5 Å². The third kappa shape index (κ3) is 5.35. The molecule has 2 amide bonds. The minimum atomic E-state index is -0.842. The standard InChI is InChI=1S/C19H21ClN2O5/c1-25-15-7-5-4-6-13(15)17(27-3)11-21-18(23)19(24)22-14-10-12(20)8-9-16(14)26-2/h4-10,17H,11H2,1-3H3,(H,21,23)(H,22,24). The van der Waals surface area contributed by atoms with Crippen LogP contribution in [0.4, 0.5) is 5.69 Å². The van der Waals surface area contributed by atoms with Gasteiger partial charge in [-0.1, -0.05) is 29.8 Å². The molecule has 0 saturated carbocycles. The number of methoxy groups -OCH3 is 3. The molecule has 0 aliphatic carbocycles. The Morgan fingerprint density at radius 3 is 2.37 bits per heavy atom. The Labute approximate surface area is 162 Å². The van der Waals surface area contributed by atoms with E-state index in [1.165, 1.54) is 20.3 Å². The third-order valence-electron chi connectivity index (χ3n) is 3.83. The number of rotatable bonds is 7. The van der Waals surface area contributed by atoms with Crippen molar-refractivity contribution >= 4 is 29.1 Å². The summed E-state index contributed by atoms with van der Waals surface area (Å²) in [5.74, 6) is -0.629. The van der Waals surface area contributed by atoms with Crippen LogP contribution in [0.25, 0.3) is 0 Å². The Bertz CT molecular complexity index is 812. The molecule has 0 aromatic heterocycles. The summed E-state index contributed by atoms with van der Waals surface area (Å²) in [6.07, 6.45) is -0.474. The Balaban J connectivity index is 2.02. The van der Waals surface area contributed by atoms with Crippen LogP contribution >= 0.6 is 11.6 Å². The van der Waals surface area contributed by atoms with E-state index < -0.39 is 17.9 Å². The minimum absolute atomic E-state index is 0.0931. The predicted molar refractivity (Wildman–Crippen MR) is 102 cm³/mol. The molecule has 0 heterocycles. The molecule has 0 fully saturated rings. The molecule has 1 atom stereocenters. The smallest absolute Gasteiger partial charge is 0.313 e. The van der Waals surface area contributed by atoms with Gasteiger partial charge in [0.15, 0.2) is 0 Å². The summed E-state index contributed by atoms with van der Waals surface area (Å²) in [6, 6.07) is 12.0. The van der Waals surface area contributed by atoms with Crippen LogP contribution in [-0.4, -0.2) is 39.7 Å². The second-order valence-corrected chi connectivity index (χ2v) is 5.91. The summed E-state index contributed by atoms with van der Waals surface area (Å²) in [6.45, 7) is 0.0931. The van der Waals surface area contributed by atoms with E-state index in [0.717, 1.165) is 5.56 Å². The Morgan fingerprint density at radius 2 is 1.70 bits per heavy atom. The van der Waals surface area contributed by atoms with Crippen molar-refractivity contribution in [1.29, 1.82) is 0 Å². The number of anilines is 1. The lowest BCUT2D eigenvalue weighted by Crippen LogP contribution is -2.38. The van der Waals surface area contributed by atoms with Gasteiger partial charge in [-0.3, -0.25) is 9.59 Å². The van der Waals surface area contributed by atoms with Crippen LogP contribution in [0.3, 0.4) is 0 Å². The fourth-order valence-corrected chi connectivity index (χ4v) is 2.65. The molecule has 0 aliphatic heterocycles. The van der Waals surface area contributed by atoms with Crippen molar-refractivity contribution in [2.45, 2.75) is 6.10 Å². The fraction of sp³-hybridized carbons (Fsp3) is 0.263. The van der Waals surface area contributed by atoms with E-state index in [1.807, 2.05) is 18.2 Å². The fourth-order valence-electron chi connectivity index (χ4n) is 2.48. The van der Waals surface area contributed by atoms with Crippen LogP contribution in [0, 0.1) is 0 Å². The molecule has 0 bridgehead atoms. The summed E-state index contributed by atoms with van der Waals surface area (Å²) >= 11 is 5.92. The first-order chi connectivity index (χ1) is 13.0. The molecule has 7 nitrogen and oxygen atoms in total. The number of benzene rings is 2. The van der Waals surface area contributed by atoms with Gasteiger partial charge in [-0.15, -0.1) is 0 Å². The molecule has 2 rings (SSSR count). The highest BCUT2D eigenvalue weighted by Crippen LogP contribution is 2.28. The molecule has 1 unspecified atom stereocenters. The third-order valence-corrected chi connectivity index (χ3v) is 4.07. The molecule has 0 radical (unpaired) electrons. The van der Waals surface area contributed by atoms with Crippen molar-refractivity contribution in [3.05, 3.63) is 53.1 Å². The van der Waals surface area contributed by atoms with Crippen LogP contribution < -0.4 is 20.1 Å². The maximum Gasteiger partial charge on any atom is 0.313 e. The lowest BCUT2D eigenvalue weighted by molar-refractivity contribution is -0.136. The number of nitrogens with one attached hydrogen (secondary N) is 2. The molecule has 0 saturated heterocycles. The maximum atomic E-state index is 12.2. The normalized spacial score (nSPS) is 11.4. The topological polar surface area (TPSA) is 85.9 Å². The zero-order valence-electron chi connectivity index (χ0n) is 15.2. The maximum absolute atomic E-state index is 12.2. The van der Waals surface area contributed by atoms with E-state index in [1.54, 1.807) is 25.3 Å². The number of hydrogen-bond donors (Lipinski definition) is 2. The number of carbonyl (C=O) groups is 2. The molecule has 27 heavy (non-hydrogen) atoms. The lowest BCUT2D eigenvalue weighted by Gasteiger charge is -2.19. The van der Waals surface area contributed by atoms with Crippen molar-refractivity contribution in [1.82, 2.24) is 5.32 Å². The molecule has 0 aliphatic rings. The molecule has 2 aromatic carbocycles. The van der Waals surface area contributed by atoms with E-state index in [-0.39, 0.29) is 6.54 Å². The van der Waals surface area contributed by atoms with Gasteiger partial charge < -0.3 is 24.8 Å². The number of carbonyl (C=O) groups excluding carboxylic acids is 2. The minimum Gasteiger partial charge on any atom is -0.496 e. The first-order valence-electron chi connectivity index (χ1n) is 8.08. The van der Waals surface area contributed by atoms with Gasteiger partial charge in [0.05, 0.1) is 19.9 Å². The summed E-state index contributed by atoms with van der Waals surface area (Å²) in [5.41, 5.74) is 1.07. The van der Waals surface area contributed by atoms with E-state index >= 15 is 0 Å². The van der Waals surface area contributed by atoms with Crippen LogP contribution in [0.2, 0.25) is 5.02 Å². The van der Waals surface area contributed by atoms with Gasteiger partial charge in [0.2, 0.25) is 0 Å². The van der Waals surface area contributed by atoms with Crippen LogP contribution in [-0.2, 0) is 14.3 Å². The highest BCUT2D eigenvalue weighted by Gasteiger charge is 2.20. The second-order valence-electron chi connectivity index (χ2n) is 5.48. The highest BCUT2D eigenvalue weighted by atomic mass is 35.5. The number of amides is 2. The quantitative estimate of drug-likeness (QED) is 0.708. The van der Waals surface area contributed by atoms with Crippen LogP contribution in [0.5, 0.6) is 11.5 Å². The molecule has 0 spiro atoms. The summed E-state index contributed by atoms with van der Waals surface area (Å²) in [7, 11) is 4.52. The highest BCUT2D eigenvalue weighted by molar-refractivity contribution is 6.40. The zero-order valence-corrected chi connectivity index (χ0v) is 16.0. The Hall–Kier alpha value is -2.77. The molecule has 2 aromatic rings. The van der Waals surface area contributed by atoms with Crippen LogP contribution in [0.1, 0.15) is 11.7 Å². The number of para-hydroxylation sites is 1. The molecule has 144 valence electrons. The molecular weight excluding hydrogens is 372 g/mol. The summed E-state index contributed by atoms with van der Waals surface area (Å²) in [5, 5.41) is 5.44. The SMILES string of the molecule is COc1ccc(Cl)cc1NC(=O)C(=O)NCC(OC)c1ccccc1OC. The summed E-state index contributed by atoms with van der Waals surface area (Å²) in [4.78, 5) is 24.3. The first kappa shape index (κ1) is 20.5. The van der Waals surface area contributed by atoms with Gasteiger partial charge in [0, 0.05) is 24.2 Å². The zero-order chi connectivity index (χ0) is 19.8. The average molecular weight is 393 g/mol. The largest absolute Gasteiger partial charge is 0.496 e. The first-order valence-corrected chi connectivity index (χ1v) is 8.46. The molecule has 8 heteroatoms. The van der Waals surface area contributed by atoms with E-state index in [0.29, 0.717) is 22.2 Å². The van der Waals surface area contributed by atoms with E-state index in [4.69, 9.17) is 25.8 Å². The van der Waals surface area contributed by atoms with Gasteiger partial charge in [-0.05, 0) is 24.3 Å². The Morgan fingerprint density at radius 1 is 1.00 bits per heavy atom. The van der Waals surface area contributed by atoms with Crippen molar-refractivity contribution in [2.75, 3.05) is 33.2 Å². The van der Waals surface area contributed by atoms with Gasteiger partial charge in [-0.25, -0.2) is 0 Å². The number of halogens is 1. The monoisotopic (exact) mass is 392 g/mol. The lowest BCUT2D eigenvalue weighted by atomic mass is 10.1. The van der Waals surface area contributed by atoms with Crippen molar-refractivity contribution in [3.8, 4) is 11.5 Å². The molecule has 2 N–H and O–H groups in total. The number of hydrogen-bond acceptors (Lipinski definition) is 5. The van der Waals surface area contributed by atoms with Crippen molar-refractivity contribution in [2.24, 2.45) is 0 Å². The van der Waals surface area contributed by atoms with Gasteiger partial charge in [0.1, 0.15) is 17.6 Å². The van der Waals surface area contributed by atoms with Gasteiger partial charge >= 0.3 is 11.8 Å². The van der Waals surface area contributed by atoms with E-state index in [2.05, 4.69) is 10.6 Å². The summed E-state index contributed by atoms with van der Waals surface area (Å²) < 4.78 is 15.9. The van der Waals surface area contributed by atoms with Gasteiger partial charge in [-0.2, -0.15) is 0 Å². The Kier molecular flexibility index (Phi) is 7.45. The van der Waals surface area contributed by atoms with Gasteiger partial charge in [0.25, 0.3) is 0 Å². The van der Waals surface area contributed by atoms with Crippen molar-refractivity contribution < 1.29 is 23.8 Å². The van der Waals surface area contributed by atoms with Crippen molar-refractivity contribution in [3.63, 3.8) is 0 Å².